The number of aromatic hydroxyl groups is 2. The van der Waals surface area contributed by atoms with Gasteiger partial charge < -0.3 is 60.8 Å². The first-order chi connectivity index (χ1) is 26.9. The number of nitrogens with two attached hydrogens (primary N) is 1. The highest BCUT2D eigenvalue weighted by atomic mass is 16.5. The van der Waals surface area contributed by atoms with Gasteiger partial charge in [-0.15, -0.1) is 0 Å². The van der Waals surface area contributed by atoms with Crippen LogP contribution < -0.4 is 30.6 Å². The molecular weight excluding hydrogens is 718 g/mol. The molecule has 1 saturated carbocycles. The number of aryl methyl sites for hydroxylation is 1. The minimum Gasteiger partial charge on any atom is -0.504 e. The van der Waals surface area contributed by atoms with Crippen LogP contribution >= 0.6 is 0 Å². The molecule has 0 spiro atoms. The molecule has 56 heavy (non-hydrogen) atoms. The van der Waals surface area contributed by atoms with Crippen LogP contribution in [-0.4, -0.2) is 89.8 Å². The third-order valence-corrected chi connectivity index (χ3v) is 13.0. The normalized spacial score (nSPS) is 29.0. The zero-order valence-corrected chi connectivity index (χ0v) is 33.0. The summed E-state index contributed by atoms with van der Waals surface area (Å²) in [6, 6.07) is 8.33. The van der Waals surface area contributed by atoms with Gasteiger partial charge >= 0.3 is 5.97 Å². The number of methoxy groups -OCH3 is 2. The summed E-state index contributed by atoms with van der Waals surface area (Å²) in [5.74, 6) is -0.0902. The molecule has 0 amide bonds. The first-order valence-electron chi connectivity index (χ1n) is 20.2. The Kier molecular flexibility index (Phi) is 13.3. The summed E-state index contributed by atoms with van der Waals surface area (Å²) < 4.78 is 24.3. The fraction of sp³-hybridized carbons (Fsp3) is 0.605. The second kappa shape index (κ2) is 18.0. The predicted octanol–water partition coefficient (Wildman–Crippen LogP) is 5.20. The van der Waals surface area contributed by atoms with Gasteiger partial charge in [0, 0.05) is 36.6 Å². The lowest BCUT2D eigenvalue weighted by Gasteiger charge is -2.57. The highest BCUT2D eigenvalue weighted by Gasteiger charge is 2.61. The second-order valence-corrected chi connectivity index (χ2v) is 16.3. The number of piperidine rings is 1. The predicted molar refractivity (Wildman–Crippen MR) is 211 cm³/mol. The maximum atomic E-state index is 13.6. The second-order valence-electron chi connectivity index (χ2n) is 16.3. The summed E-state index contributed by atoms with van der Waals surface area (Å²) in [5, 5.41) is 61.0. The third-order valence-electron chi connectivity index (χ3n) is 13.0. The molecule has 0 radical (unpaired) electrons. The highest BCUT2D eigenvalue weighted by Crippen LogP contribution is 2.59. The summed E-state index contributed by atoms with van der Waals surface area (Å²) in [7, 11) is 2.96. The molecule has 13 nitrogen and oxygen atoms in total. The lowest BCUT2D eigenvalue weighted by molar-refractivity contribution is -0.170. The van der Waals surface area contributed by atoms with Gasteiger partial charge in [-0.25, -0.2) is 0 Å². The molecule has 13 heteroatoms. The van der Waals surface area contributed by atoms with E-state index in [1.54, 1.807) is 24.3 Å². The lowest BCUT2D eigenvalue weighted by atomic mass is 9.49. The Morgan fingerprint density at radius 1 is 1.02 bits per heavy atom. The molecule has 0 bridgehead atoms. The van der Waals surface area contributed by atoms with Gasteiger partial charge in [-0.1, -0.05) is 31.4 Å². The Labute approximate surface area is 329 Å². The maximum Gasteiger partial charge on any atom is 0.310 e. The van der Waals surface area contributed by atoms with E-state index in [0.717, 1.165) is 36.8 Å². The number of carboxylic acids is 1. The van der Waals surface area contributed by atoms with Crippen LogP contribution in [-0.2, 0) is 16.0 Å². The number of benzene rings is 2. The van der Waals surface area contributed by atoms with Gasteiger partial charge in [0.2, 0.25) is 5.75 Å². The van der Waals surface area contributed by atoms with Gasteiger partial charge in [0.05, 0.1) is 43.8 Å². The fourth-order valence-electron chi connectivity index (χ4n) is 10.00. The Morgan fingerprint density at radius 2 is 1.77 bits per heavy atom. The van der Waals surface area contributed by atoms with E-state index in [1.807, 2.05) is 12.1 Å². The molecule has 3 heterocycles. The molecule has 7 atom stereocenters. The molecule has 6 rings (SSSR count). The Bertz CT molecular complexity index is 1740. The number of phenolic OH excluding ortho intramolecular Hbond substituents is 2. The molecule has 2 saturated heterocycles. The van der Waals surface area contributed by atoms with Crippen LogP contribution in [0.2, 0.25) is 0 Å². The van der Waals surface area contributed by atoms with Gasteiger partial charge in [-0.3, -0.25) is 4.79 Å². The lowest BCUT2D eigenvalue weighted by Crippen LogP contribution is -2.65. The van der Waals surface area contributed by atoms with Gasteiger partial charge in [-0.05, 0) is 112 Å². The van der Waals surface area contributed by atoms with Gasteiger partial charge in [-0.2, -0.15) is 0 Å². The van der Waals surface area contributed by atoms with Crippen LogP contribution in [0.4, 0.5) is 0 Å². The van der Waals surface area contributed by atoms with Crippen molar-refractivity contribution in [3.8, 4) is 28.7 Å². The first kappa shape index (κ1) is 41.5. The molecule has 2 aromatic carbocycles. The van der Waals surface area contributed by atoms with Crippen LogP contribution in [0.15, 0.2) is 53.9 Å². The largest absolute Gasteiger partial charge is 0.504 e. The average molecular weight is 780 g/mol. The summed E-state index contributed by atoms with van der Waals surface area (Å²) in [4.78, 5) is 13.6. The fourth-order valence-corrected chi connectivity index (χ4v) is 10.00. The van der Waals surface area contributed by atoms with Crippen molar-refractivity contribution in [3.05, 3.63) is 65.0 Å². The van der Waals surface area contributed by atoms with Crippen molar-refractivity contribution in [2.24, 2.45) is 22.5 Å². The number of phenols is 2. The van der Waals surface area contributed by atoms with Crippen LogP contribution in [0.1, 0.15) is 94.8 Å². The molecule has 3 aliphatic heterocycles. The quantitative estimate of drug-likeness (QED) is 0.117. The van der Waals surface area contributed by atoms with Crippen LogP contribution in [0, 0.1) is 16.7 Å². The molecule has 3 fully saturated rings. The number of ether oxygens (including phenoxy) is 4. The van der Waals surface area contributed by atoms with Gasteiger partial charge in [0.15, 0.2) is 23.0 Å². The van der Waals surface area contributed by atoms with Crippen LogP contribution in [0.5, 0.6) is 28.7 Å². The Morgan fingerprint density at radius 3 is 2.46 bits per heavy atom. The minimum absolute atomic E-state index is 0.0585. The number of carboxylic acid groups (broad SMARTS) is 1. The van der Waals surface area contributed by atoms with Crippen molar-refractivity contribution in [1.29, 1.82) is 0 Å². The van der Waals surface area contributed by atoms with E-state index >= 15 is 0 Å². The number of hydrogen-bond acceptors (Lipinski definition) is 12. The van der Waals surface area contributed by atoms with Crippen molar-refractivity contribution in [2.45, 2.75) is 114 Å². The summed E-state index contributed by atoms with van der Waals surface area (Å²) in [6.45, 7) is 2.61. The number of allylic oxidation sites excluding steroid dienone is 2. The van der Waals surface area contributed by atoms with Crippen LogP contribution in [0.3, 0.4) is 0 Å². The zero-order chi connectivity index (χ0) is 40.0. The summed E-state index contributed by atoms with van der Waals surface area (Å²) in [6.07, 6.45) is 9.92. The monoisotopic (exact) mass is 779 g/mol. The van der Waals surface area contributed by atoms with E-state index in [2.05, 4.69) is 23.6 Å². The number of nitrogens with one attached hydrogen (secondary N) is 2. The molecule has 4 aliphatic rings. The number of aliphatic hydroxyl groups is 2. The van der Waals surface area contributed by atoms with Crippen molar-refractivity contribution in [3.63, 3.8) is 0 Å². The molecule has 7 unspecified atom stereocenters. The van der Waals surface area contributed by atoms with Crippen molar-refractivity contribution >= 4 is 5.97 Å². The summed E-state index contributed by atoms with van der Waals surface area (Å²) >= 11 is 0. The number of dihydropyridines is 1. The van der Waals surface area contributed by atoms with E-state index in [4.69, 9.17) is 24.7 Å². The molecule has 2 aromatic rings. The summed E-state index contributed by atoms with van der Waals surface area (Å²) in [5.41, 5.74) is 7.08. The first-order valence-corrected chi connectivity index (χ1v) is 20.2. The molecule has 9 N–H and O–H groups in total. The van der Waals surface area contributed by atoms with E-state index < -0.39 is 41.0 Å². The zero-order valence-electron chi connectivity index (χ0n) is 33.0. The Balaban J connectivity index is 1.31. The van der Waals surface area contributed by atoms with Crippen LogP contribution in [0.25, 0.3) is 0 Å². The molecule has 0 aromatic heterocycles. The topological polar surface area (TPSA) is 205 Å². The maximum absolute atomic E-state index is 13.6. The molecule has 308 valence electrons. The standard InChI is InChI=1S/C43H61N3O10/c1-26-11-16-43(24-28-12-17-45-38(44)20-28,42(41(51)52)14-5-4-6-15-42)37(46-26)25-55-36-22-29(21-35(54-3)39(36)50)40-31(13-18-47)33(49)23-30(56-40)9-7-27-8-10-32(48)34(19-27)53-2/h8,10,12,19-22,26,30-31,33,37,40,45-50H,4-7,9,11,13-18,23-25,44H2,1-3H3,(H,51,52). The van der Waals surface area contributed by atoms with E-state index in [1.165, 1.54) is 14.2 Å². The van der Waals surface area contributed by atoms with Crippen molar-refractivity contribution in [2.75, 3.05) is 34.0 Å². The molecular formula is C43H61N3O10. The average Bonchev–Trinajstić information content (AvgIpc) is 3.19. The smallest absolute Gasteiger partial charge is 0.310 e. The van der Waals surface area contributed by atoms with E-state index in [9.17, 15) is 30.3 Å². The van der Waals surface area contributed by atoms with Gasteiger partial charge in [0.1, 0.15) is 6.61 Å². The number of hydrogen-bond donors (Lipinski definition) is 8. The van der Waals surface area contributed by atoms with Crippen molar-refractivity contribution < 1.29 is 49.3 Å². The SMILES string of the molecule is COc1cc(CCC2CC(O)C(CCO)C(c3cc(OC)c(O)c(OCC4NC(C)CCC4(CC4=CCNC(N)=C4)C4(C(=O)O)CCCCC4)c3)O2)ccc1O. The van der Waals surface area contributed by atoms with E-state index in [-0.39, 0.29) is 48.4 Å². The molecule has 1 aliphatic carbocycles. The number of aliphatic carboxylic acids is 1. The number of aliphatic hydroxyl groups excluding tert-OH is 2. The number of carbonyl (C=O) groups is 1. The number of rotatable bonds is 15. The third kappa shape index (κ3) is 8.56. The minimum atomic E-state index is -0.994. The Hall–Kier alpha value is -4.17. The van der Waals surface area contributed by atoms with Crippen molar-refractivity contribution in [1.82, 2.24) is 10.6 Å². The van der Waals surface area contributed by atoms with Gasteiger partial charge in [0.25, 0.3) is 0 Å². The highest BCUT2D eigenvalue weighted by molar-refractivity contribution is 5.76. The van der Waals surface area contributed by atoms with E-state index in [0.29, 0.717) is 75.0 Å².